The van der Waals surface area contributed by atoms with Crippen LogP contribution in [0.4, 0.5) is 18.3 Å². The van der Waals surface area contributed by atoms with Crippen molar-refractivity contribution in [3.8, 4) is 0 Å². The number of hydrogen-bond acceptors (Lipinski definition) is 3. The first-order valence-electron chi connectivity index (χ1n) is 7.78. The number of amides is 1. The fourth-order valence-corrected chi connectivity index (χ4v) is 3.88. The average molecular weight is 354 g/mol. The maximum absolute atomic E-state index is 12.6. The number of thiazole rings is 1. The largest absolute Gasteiger partial charge is 0.416 e. The number of nitrogens with zero attached hydrogens (tertiary/aromatic N) is 1. The second kappa shape index (κ2) is 6.55. The predicted molar refractivity (Wildman–Crippen MR) is 87.2 cm³/mol. The van der Waals surface area contributed by atoms with Gasteiger partial charge in [-0.2, -0.15) is 13.2 Å². The van der Waals surface area contributed by atoms with E-state index in [-0.39, 0.29) is 18.2 Å². The van der Waals surface area contributed by atoms with E-state index >= 15 is 0 Å². The van der Waals surface area contributed by atoms with Crippen molar-refractivity contribution < 1.29 is 18.0 Å². The number of aromatic nitrogens is 1. The molecule has 3 nitrogen and oxygen atoms in total. The Morgan fingerprint density at radius 1 is 1.29 bits per heavy atom. The Morgan fingerprint density at radius 2 is 2.00 bits per heavy atom. The molecule has 1 aliphatic carbocycles. The molecule has 3 rings (SSSR count). The van der Waals surface area contributed by atoms with Crippen LogP contribution in [-0.4, -0.2) is 10.9 Å². The molecular weight excluding hydrogens is 337 g/mol. The number of anilines is 1. The van der Waals surface area contributed by atoms with E-state index in [1.165, 1.54) is 28.3 Å². The number of halogens is 3. The Balaban J connectivity index is 1.59. The van der Waals surface area contributed by atoms with Gasteiger partial charge < -0.3 is 5.32 Å². The van der Waals surface area contributed by atoms with Gasteiger partial charge in [0.15, 0.2) is 5.13 Å². The number of nitrogens with one attached hydrogen (secondary N) is 1. The smallest absolute Gasteiger partial charge is 0.302 e. The highest BCUT2D eigenvalue weighted by molar-refractivity contribution is 7.15. The molecule has 1 amide bonds. The summed E-state index contributed by atoms with van der Waals surface area (Å²) >= 11 is 1.51. The highest BCUT2D eigenvalue weighted by atomic mass is 32.1. The first-order valence-corrected chi connectivity index (χ1v) is 8.60. The minimum absolute atomic E-state index is 0.168. The lowest BCUT2D eigenvalue weighted by molar-refractivity contribution is -0.137. The van der Waals surface area contributed by atoms with Gasteiger partial charge in [0, 0.05) is 11.3 Å². The normalized spacial score (nSPS) is 15.2. The molecule has 7 heteroatoms. The van der Waals surface area contributed by atoms with Crippen molar-refractivity contribution in [2.45, 2.75) is 44.7 Å². The summed E-state index contributed by atoms with van der Waals surface area (Å²) in [5, 5.41) is 3.41. The highest BCUT2D eigenvalue weighted by Gasteiger charge is 2.30. The molecule has 0 saturated heterocycles. The standard InChI is InChI=1S/C17H17F3N2OS/c1-10(11-5-7-12(8-6-11)17(18,19)20)9-15(23)22-16-21-13-3-2-4-14(13)24-16/h5-8,10H,2-4,9H2,1H3,(H,21,22,23)/t10-/m1/s1. The number of benzene rings is 1. The van der Waals surface area contributed by atoms with Crippen molar-refractivity contribution in [1.29, 1.82) is 0 Å². The zero-order chi connectivity index (χ0) is 17.3. The minimum atomic E-state index is -4.34. The molecule has 1 aromatic heterocycles. The van der Waals surface area contributed by atoms with Gasteiger partial charge in [0.25, 0.3) is 0 Å². The molecular formula is C17H17F3N2OS. The molecule has 1 aliphatic rings. The van der Waals surface area contributed by atoms with Gasteiger partial charge >= 0.3 is 6.18 Å². The second-order valence-corrected chi connectivity index (χ2v) is 7.10. The molecule has 24 heavy (non-hydrogen) atoms. The van der Waals surface area contributed by atoms with Crippen molar-refractivity contribution in [3.05, 3.63) is 46.0 Å². The molecule has 1 atom stereocenters. The minimum Gasteiger partial charge on any atom is -0.302 e. The first-order chi connectivity index (χ1) is 11.3. The van der Waals surface area contributed by atoms with E-state index in [2.05, 4.69) is 10.3 Å². The zero-order valence-electron chi connectivity index (χ0n) is 13.1. The molecule has 0 saturated carbocycles. The van der Waals surface area contributed by atoms with Crippen LogP contribution in [0, 0.1) is 0 Å². The summed E-state index contributed by atoms with van der Waals surface area (Å²) in [5.74, 6) is -0.339. The Morgan fingerprint density at radius 3 is 2.62 bits per heavy atom. The molecule has 0 bridgehead atoms. The molecule has 128 valence electrons. The van der Waals surface area contributed by atoms with Gasteiger partial charge in [-0.3, -0.25) is 4.79 Å². The maximum atomic E-state index is 12.6. The van der Waals surface area contributed by atoms with E-state index in [0.29, 0.717) is 10.7 Å². The predicted octanol–water partition coefficient (Wildman–Crippen LogP) is 4.78. The van der Waals surface area contributed by atoms with E-state index in [4.69, 9.17) is 0 Å². The summed E-state index contributed by atoms with van der Waals surface area (Å²) in [5.41, 5.74) is 1.10. The third-order valence-corrected chi connectivity index (χ3v) is 5.21. The van der Waals surface area contributed by atoms with Crippen LogP contribution < -0.4 is 5.32 Å². The van der Waals surface area contributed by atoms with Crippen LogP contribution in [0.25, 0.3) is 0 Å². The van der Waals surface area contributed by atoms with Gasteiger partial charge in [-0.15, -0.1) is 11.3 Å². The van der Waals surface area contributed by atoms with E-state index in [0.717, 1.165) is 37.1 Å². The lowest BCUT2D eigenvalue weighted by atomic mass is 9.96. The maximum Gasteiger partial charge on any atom is 0.416 e. The summed E-state index contributed by atoms with van der Waals surface area (Å²) in [6.07, 6.45) is -1.04. The number of fused-ring (bicyclic) bond motifs is 1. The highest BCUT2D eigenvalue weighted by Crippen LogP contribution is 2.32. The van der Waals surface area contributed by atoms with E-state index in [1.807, 2.05) is 6.92 Å². The van der Waals surface area contributed by atoms with E-state index in [1.54, 1.807) is 0 Å². The number of carbonyl (C=O) groups excluding carboxylic acids is 1. The van der Waals surface area contributed by atoms with Crippen LogP contribution in [0.1, 0.15) is 47.4 Å². The van der Waals surface area contributed by atoms with Gasteiger partial charge in [0.1, 0.15) is 0 Å². The Hall–Kier alpha value is -1.89. The monoisotopic (exact) mass is 354 g/mol. The number of rotatable bonds is 4. The summed E-state index contributed by atoms with van der Waals surface area (Å²) in [6.45, 7) is 1.82. The van der Waals surface area contributed by atoms with Gasteiger partial charge in [-0.25, -0.2) is 4.98 Å². The second-order valence-electron chi connectivity index (χ2n) is 6.02. The van der Waals surface area contributed by atoms with Crippen LogP contribution in [0.2, 0.25) is 0 Å². The van der Waals surface area contributed by atoms with Crippen LogP contribution >= 0.6 is 11.3 Å². The Labute approximate surface area is 141 Å². The quantitative estimate of drug-likeness (QED) is 0.858. The van der Waals surface area contributed by atoms with E-state index < -0.39 is 11.7 Å². The van der Waals surface area contributed by atoms with Gasteiger partial charge in [0.05, 0.1) is 11.3 Å². The number of hydrogen-bond donors (Lipinski definition) is 1. The van der Waals surface area contributed by atoms with Gasteiger partial charge in [-0.05, 0) is 42.9 Å². The zero-order valence-corrected chi connectivity index (χ0v) is 13.9. The third-order valence-electron chi connectivity index (χ3n) is 4.14. The van der Waals surface area contributed by atoms with Gasteiger partial charge in [0.2, 0.25) is 5.91 Å². The number of aryl methyl sites for hydroxylation is 2. The van der Waals surface area contributed by atoms with Crippen molar-refractivity contribution >= 4 is 22.4 Å². The van der Waals surface area contributed by atoms with Crippen molar-refractivity contribution in [2.24, 2.45) is 0 Å². The number of alkyl halides is 3. The van der Waals surface area contributed by atoms with Crippen molar-refractivity contribution in [1.82, 2.24) is 4.98 Å². The Bertz CT molecular complexity index is 716. The van der Waals surface area contributed by atoms with Crippen LogP contribution in [0.15, 0.2) is 24.3 Å². The molecule has 0 radical (unpaired) electrons. The topological polar surface area (TPSA) is 42.0 Å². The molecule has 0 spiro atoms. The number of carbonyl (C=O) groups is 1. The average Bonchev–Trinajstić information content (AvgIpc) is 3.07. The fraction of sp³-hybridized carbons (Fsp3) is 0.412. The molecule has 1 aromatic carbocycles. The lowest BCUT2D eigenvalue weighted by Gasteiger charge is -2.13. The first kappa shape index (κ1) is 17.0. The molecule has 0 fully saturated rings. The summed E-state index contributed by atoms with van der Waals surface area (Å²) in [7, 11) is 0. The lowest BCUT2D eigenvalue weighted by Crippen LogP contribution is -2.14. The SMILES string of the molecule is C[C@H](CC(=O)Nc1nc2c(s1)CCC2)c1ccc(C(F)(F)F)cc1. The van der Waals surface area contributed by atoms with E-state index in [9.17, 15) is 18.0 Å². The molecule has 2 aromatic rings. The summed E-state index contributed by atoms with van der Waals surface area (Å²) < 4.78 is 37.7. The summed E-state index contributed by atoms with van der Waals surface area (Å²) in [4.78, 5) is 17.8. The van der Waals surface area contributed by atoms with Crippen LogP contribution in [-0.2, 0) is 23.8 Å². The van der Waals surface area contributed by atoms with Crippen molar-refractivity contribution in [2.75, 3.05) is 5.32 Å². The van der Waals surface area contributed by atoms with Crippen LogP contribution in [0.5, 0.6) is 0 Å². The Kier molecular flexibility index (Phi) is 4.62. The summed E-state index contributed by atoms with van der Waals surface area (Å²) in [6, 6.07) is 4.96. The fourth-order valence-electron chi connectivity index (χ4n) is 2.81. The molecule has 1 N–H and O–H groups in total. The van der Waals surface area contributed by atoms with Gasteiger partial charge in [-0.1, -0.05) is 19.1 Å². The molecule has 0 aliphatic heterocycles. The molecule has 1 heterocycles. The molecule has 0 unspecified atom stereocenters. The van der Waals surface area contributed by atoms with Crippen molar-refractivity contribution in [3.63, 3.8) is 0 Å². The van der Waals surface area contributed by atoms with Crippen LogP contribution in [0.3, 0.4) is 0 Å². The third kappa shape index (κ3) is 3.77.